The fraction of sp³-hybridized carbons (Fsp3) is 0.867. The number of allylic oxidation sites excluding steroid dienone is 1. The molecule has 6 atom stereocenters. The minimum atomic E-state index is -0.481. The summed E-state index contributed by atoms with van der Waals surface area (Å²) >= 11 is 14.0. The van der Waals surface area contributed by atoms with Crippen LogP contribution in [0.3, 0.4) is 0 Å². The number of halogens is 3. The van der Waals surface area contributed by atoms with E-state index in [1.807, 2.05) is 6.92 Å². The maximum absolute atomic E-state index is 11.0. The van der Waals surface area contributed by atoms with Crippen LogP contribution >= 0.6 is 43.5 Å². The fourth-order valence-electron chi connectivity index (χ4n) is 4.47. The SMILES string of the molecule is CC1(C)C(Br)=C[C@@H]2O[C@]2(C)[C@@]12C[C@H](Br)[C@](C)(Cl)C[C@@H]2O. The Bertz CT molecular complexity index is 490. The average molecular weight is 429 g/mol. The summed E-state index contributed by atoms with van der Waals surface area (Å²) in [7, 11) is 0. The lowest BCUT2D eigenvalue weighted by atomic mass is 9.48. The van der Waals surface area contributed by atoms with Crippen LogP contribution in [0.4, 0.5) is 0 Å². The first-order valence-electron chi connectivity index (χ1n) is 7.06. The molecular formula is C15H21Br2ClO2. The van der Waals surface area contributed by atoms with Crippen LogP contribution < -0.4 is 0 Å². The molecule has 0 unspecified atom stereocenters. The number of hydrogen-bond donors (Lipinski definition) is 1. The van der Waals surface area contributed by atoms with Gasteiger partial charge in [-0.25, -0.2) is 0 Å². The zero-order chi connectivity index (χ0) is 15.1. The van der Waals surface area contributed by atoms with Crippen LogP contribution in [0.15, 0.2) is 10.6 Å². The van der Waals surface area contributed by atoms with Gasteiger partial charge in [0.15, 0.2) is 0 Å². The van der Waals surface area contributed by atoms with E-state index >= 15 is 0 Å². The van der Waals surface area contributed by atoms with Crippen molar-refractivity contribution in [1.82, 2.24) is 0 Å². The molecule has 1 spiro atoms. The molecule has 2 fully saturated rings. The van der Waals surface area contributed by atoms with Crippen molar-refractivity contribution in [2.24, 2.45) is 10.8 Å². The quantitative estimate of drug-likeness (QED) is 0.459. The maximum Gasteiger partial charge on any atom is 0.107 e. The van der Waals surface area contributed by atoms with Crippen LogP contribution in [-0.4, -0.2) is 32.6 Å². The van der Waals surface area contributed by atoms with E-state index in [2.05, 4.69) is 58.7 Å². The van der Waals surface area contributed by atoms with Gasteiger partial charge in [0, 0.05) is 20.1 Å². The molecule has 1 heterocycles. The Morgan fingerprint density at radius 3 is 2.50 bits per heavy atom. The Balaban J connectivity index is 2.13. The zero-order valence-electron chi connectivity index (χ0n) is 12.2. The molecule has 0 aromatic rings. The molecule has 0 radical (unpaired) electrons. The molecule has 0 amide bonds. The highest BCUT2D eigenvalue weighted by Crippen LogP contribution is 2.71. The number of aliphatic hydroxyl groups is 1. The number of alkyl halides is 2. The van der Waals surface area contributed by atoms with Crippen LogP contribution in [0.2, 0.25) is 0 Å². The monoisotopic (exact) mass is 426 g/mol. The molecule has 0 aromatic carbocycles. The van der Waals surface area contributed by atoms with E-state index in [1.54, 1.807) is 0 Å². The van der Waals surface area contributed by atoms with Crippen molar-refractivity contribution < 1.29 is 9.84 Å². The third-order valence-electron chi connectivity index (χ3n) is 6.07. The van der Waals surface area contributed by atoms with Gasteiger partial charge in [0.2, 0.25) is 0 Å². The molecule has 2 nitrogen and oxygen atoms in total. The van der Waals surface area contributed by atoms with Gasteiger partial charge in [0.1, 0.15) is 11.7 Å². The molecular weight excluding hydrogens is 407 g/mol. The summed E-state index contributed by atoms with van der Waals surface area (Å²) in [6.07, 6.45) is 3.14. The average Bonchev–Trinajstić information content (AvgIpc) is 2.94. The molecule has 1 saturated carbocycles. The number of aliphatic hydroxyl groups excluding tert-OH is 1. The van der Waals surface area contributed by atoms with Gasteiger partial charge in [0.25, 0.3) is 0 Å². The number of fused-ring (bicyclic) bond motifs is 2. The first-order chi connectivity index (χ1) is 8.99. The first kappa shape index (κ1) is 15.8. The molecule has 1 aliphatic heterocycles. The van der Waals surface area contributed by atoms with E-state index in [4.69, 9.17) is 16.3 Å². The largest absolute Gasteiger partial charge is 0.392 e. The van der Waals surface area contributed by atoms with Crippen LogP contribution in [0.5, 0.6) is 0 Å². The third-order valence-corrected chi connectivity index (χ3v) is 9.34. The molecule has 2 aliphatic carbocycles. The summed E-state index contributed by atoms with van der Waals surface area (Å²) in [5.74, 6) is 0. The molecule has 1 saturated heterocycles. The Kier molecular flexibility index (Phi) is 3.36. The van der Waals surface area contributed by atoms with Crippen molar-refractivity contribution in [3.63, 3.8) is 0 Å². The lowest BCUT2D eigenvalue weighted by molar-refractivity contribution is -0.124. The third kappa shape index (κ3) is 1.69. The fourth-order valence-corrected chi connectivity index (χ4v) is 5.99. The number of ether oxygens (including phenoxy) is 1. The topological polar surface area (TPSA) is 32.8 Å². The number of epoxide rings is 1. The molecule has 3 aliphatic rings. The summed E-state index contributed by atoms with van der Waals surface area (Å²) < 4.78 is 7.15. The first-order valence-corrected chi connectivity index (χ1v) is 9.14. The Morgan fingerprint density at radius 1 is 1.30 bits per heavy atom. The highest BCUT2D eigenvalue weighted by Gasteiger charge is 2.76. The van der Waals surface area contributed by atoms with Gasteiger partial charge < -0.3 is 9.84 Å². The standard InChI is InChI=1S/C15H21Br2ClO2/c1-12(2)8(16)5-11-14(4,20-11)15(12)6-9(17)13(3,18)7-10(15)19/h5,9-11,19H,6-7H2,1-4H3/t9-,10-,11-,13+,14-,15+/m0/s1. The predicted octanol–water partition coefficient (Wildman–Crippen LogP) is 4.36. The van der Waals surface area contributed by atoms with Crippen LogP contribution in [-0.2, 0) is 4.74 Å². The van der Waals surface area contributed by atoms with Gasteiger partial charge in [-0.05, 0) is 32.8 Å². The summed E-state index contributed by atoms with van der Waals surface area (Å²) in [6, 6.07) is 0. The lowest BCUT2D eigenvalue weighted by Crippen LogP contribution is -2.64. The van der Waals surface area contributed by atoms with E-state index in [1.165, 1.54) is 0 Å². The molecule has 0 aromatic heterocycles. The van der Waals surface area contributed by atoms with E-state index in [-0.39, 0.29) is 27.4 Å². The van der Waals surface area contributed by atoms with Crippen molar-refractivity contribution in [2.45, 2.75) is 68.0 Å². The van der Waals surface area contributed by atoms with E-state index < -0.39 is 11.0 Å². The highest BCUT2D eigenvalue weighted by atomic mass is 79.9. The molecule has 1 N–H and O–H groups in total. The van der Waals surface area contributed by atoms with Gasteiger partial charge in [0.05, 0.1) is 11.0 Å². The van der Waals surface area contributed by atoms with E-state index in [0.717, 1.165) is 10.9 Å². The highest BCUT2D eigenvalue weighted by molar-refractivity contribution is 9.11. The Morgan fingerprint density at radius 2 is 1.90 bits per heavy atom. The number of hydrogen-bond acceptors (Lipinski definition) is 2. The smallest absolute Gasteiger partial charge is 0.107 e. The minimum Gasteiger partial charge on any atom is -0.392 e. The molecule has 0 bridgehead atoms. The summed E-state index contributed by atoms with van der Waals surface area (Å²) in [4.78, 5) is -0.269. The summed E-state index contributed by atoms with van der Waals surface area (Å²) in [5, 5.41) is 11.0. The Hall–Kier alpha value is 0.910. The summed E-state index contributed by atoms with van der Waals surface area (Å²) in [6.45, 7) is 8.51. The normalized spacial score (nSPS) is 57.2. The molecule has 3 rings (SSSR count). The second kappa shape index (κ2) is 4.25. The van der Waals surface area contributed by atoms with Gasteiger partial charge in [-0.3, -0.25) is 0 Å². The second-order valence-electron chi connectivity index (χ2n) is 7.43. The van der Waals surface area contributed by atoms with Crippen molar-refractivity contribution in [3.8, 4) is 0 Å². The molecule has 5 heteroatoms. The maximum atomic E-state index is 11.0. The van der Waals surface area contributed by atoms with Gasteiger partial charge in [-0.2, -0.15) is 0 Å². The van der Waals surface area contributed by atoms with Crippen molar-refractivity contribution >= 4 is 43.5 Å². The predicted molar refractivity (Wildman–Crippen MR) is 88.7 cm³/mol. The Labute approximate surface area is 142 Å². The summed E-state index contributed by atoms with van der Waals surface area (Å²) in [5.41, 5.74) is -0.818. The van der Waals surface area contributed by atoms with Crippen molar-refractivity contribution in [2.75, 3.05) is 0 Å². The molecule has 20 heavy (non-hydrogen) atoms. The zero-order valence-corrected chi connectivity index (χ0v) is 16.1. The second-order valence-corrected chi connectivity index (χ2v) is 10.2. The van der Waals surface area contributed by atoms with Crippen LogP contribution in [0.1, 0.15) is 40.5 Å². The van der Waals surface area contributed by atoms with Gasteiger partial charge in [-0.15, -0.1) is 11.6 Å². The molecule has 114 valence electrons. The minimum absolute atomic E-state index is 0.0962. The van der Waals surface area contributed by atoms with Crippen molar-refractivity contribution in [1.29, 1.82) is 0 Å². The van der Waals surface area contributed by atoms with Gasteiger partial charge >= 0.3 is 0 Å². The van der Waals surface area contributed by atoms with Crippen LogP contribution in [0, 0.1) is 10.8 Å². The van der Waals surface area contributed by atoms with Gasteiger partial charge in [-0.1, -0.05) is 45.7 Å². The lowest BCUT2D eigenvalue weighted by Gasteiger charge is -2.59. The number of rotatable bonds is 0. The van der Waals surface area contributed by atoms with E-state index in [0.29, 0.717) is 6.42 Å². The van der Waals surface area contributed by atoms with Crippen LogP contribution in [0.25, 0.3) is 0 Å². The van der Waals surface area contributed by atoms with Crippen molar-refractivity contribution in [3.05, 3.63) is 10.6 Å². The van der Waals surface area contributed by atoms with E-state index in [9.17, 15) is 5.11 Å².